The Labute approximate surface area is 76.3 Å². The quantitative estimate of drug-likeness (QED) is 0.540. The van der Waals surface area contributed by atoms with Crippen molar-refractivity contribution in [3.8, 4) is 0 Å². The van der Waals surface area contributed by atoms with Crippen LogP contribution in [-0.4, -0.2) is 40.8 Å². The van der Waals surface area contributed by atoms with Gasteiger partial charge in [-0.3, -0.25) is 4.79 Å². The summed E-state index contributed by atoms with van der Waals surface area (Å²) < 4.78 is 9.83. The lowest BCUT2D eigenvalue weighted by Crippen LogP contribution is -2.48. The van der Waals surface area contributed by atoms with Gasteiger partial charge in [0.1, 0.15) is 0 Å². The number of aliphatic hydroxyl groups excluding tert-OH is 2. The second kappa shape index (κ2) is 4.04. The van der Waals surface area contributed by atoms with E-state index in [1.807, 2.05) is 0 Å². The maximum atomic E-state index is 10.6. The van der Waals surface area contributed by atoms with E-state index in [-0.39, 0.29) is 6.42 Å². The third-order valence-corrected chi connectivity index (χ3v) is 1.96. The molecule has 1 saturated heterocycles. The summed E-state index contributed by atoms with van der Waals surface area (Å²) in [6.45, 7) is 2.91. The summed E-state index contributed by atoms with van der Waals surface area (Å²) in [5.41, 5.74) is 0. The highest BCUT2D eigenvalue weighted by Crippen LogP contribution is 2.21. The molecule has 0 aromatic rings. The van der Waals surface area contributed by atoms with Gasteiger partial charge >= 0.3 is 5.97 Å². The largest absolute Gasteiger partial charge is 0.457 e. The van der Waals surface area contributed by atoms with Crippen molar-refractivity contribution in [3.05, 3.63) is 0 Å². The smallest absolute Gasteiger partial charge is 0.303 e. The summed E-state index contributed by atoms with van der Waals surface area (Å²) in [5.74, 6) is -0.462. The van der Waals surface area contributed by atoms with Crippen LogP contribution in [0.25, 0.3) is 0 Å². The fraction of sp³-hybridized carbons (Fsp3) is 0.875. The second-order valence-corrected chi connectivity index (χ2v) is 3.17. The SMILES string of the molecule is CC(=O)O[C@@H]1[C@H](O)C[C@H](O)O[C@H]1C. The first-order valence-electron chi connectivity index (χ1n) is 4.19. The van der Waals surface area contributed by atoms with Crippen molar-refractivity contribution in [1.82, 2.24) is 0 Å². The summed E-state index contributed by atoms with van der Waals surface area (Å²) in [7, 11) is 0. The lowest BCUT2D eigenvalue weighted by Gasteiger charge is -2.35. The van der Waals surface area contributed by atoms with Gasteiger partial charge in [0, 0.05) is 13.3 Å². The summed E-state index contributed by atoms with van der Waals surface area (Å²) in [5, 5.41) is 18.5. The molecule has 0 aromatic carbocycles. The molecule has 1 aliphatic rings. The highest BCUT2D eigenvalue weighted by atomic mass is 16.6. The molecule has 2 N–H and O–H groups in total. The van der Waals surface area contributed by atoms with E-state index in [0.29, 0.717) is 0 Å². The van der Waals surface area contributed by atoms with Crippen LogP contribution >= 0.6 is 0 Å². The molecule has 0 radical (unpaired) electrons. The first-order chi connectivity index (χ1) is 6.00. The van der Waals surface area contributed by atoms with Crippen molar-refractivity contribution >= 4 is 5.97 Å². The molecule has 0 saturated carbocycles. The van der Waals surface area contributed by atoms with E-state index < -0.39 is 30.6 Å². The minimum atomic E-state index is -0.975. The Hall–Kier alpha value is -0.650. The van der Waals surface area contributed by atoms with Crippen LogP contribution in [0.2, 0.25) is 0 Å². The molecule has 0 spiro atoms. The van der Waals surface area contributed by atoms with Crippen LogP contribution in [0.3, 0.4) is 0 Å². The van der Waals surface area contributed by atoms with Gasteiger partial charge in [0.25, 0.3) is 0 Å². The van der Waals surface area contributed by atoms with Crippen molar-refractivity contribution < 1.29 is 24.5 Å². The number of carbonyl (C=O) groups is 1. The van der Waals surface area contributed by atoms with Gasteiger partial charge in [-0.2, -0.15) is 0 Å². The van der Waals surface area contributed by atoms with E-state index in [1.54, 1.807) is 6.92 Å². The molecular weight excluding hydrogens is 176 g/mol. The lowest BCUT2D eigenvalue weighted by molar-refractivity contribution is -0.235. The van der Waals surface area contributed by atoms with Crippen molar-refractivity contribution in [1.29, 1.82) is 0 Å². The van der Waals surface area contributed by atoms with Crippen LogP contribution in [-0.2, 0) is 14.3 Å². The van der Waals surface area contributed by atoms with Gasteiger partial charge in [0.15, 0.2) is 12.4 Å². The number of aliphatic hydroxyl groups is 2. The summed E-state index contributed by atoms with van der Waals surface area (Å²) in [4.78, 5) is 10.6. The molecule has 0 amide bonds. The molecular formula is C8H14O5. The number of esters is 1. The van der Waals surface area contributed by atoms with Gasteiger partial charge in [-0.15, -0.1) is 0 Å². The Balaban J connectivity index is 2.56. The molecule has 13 heavy (non-hydrogen) atoms. The average Bonchev–Trinajstić information content (AvgIpc) is 1.96. The fourth-order valence-electron chi connectivity index (χ4n) is 1.40. The summed E-state index contributed by atoms with van der Waals surface area (Å²) >= 11 is 0. The molecule has 0 aliphatic carbocycles. The average molecular weight is 190 g/mol. The minimum Gasteiger partial charge on any atom is -0.457 e. The fourth-order valence-corrected chi connectivity index (χ4v) is 1.40. The van der Waals surface area contributed by atoms with Crippen molar-refractivity contribution in [2.75, 3.05) is 0 Å². The van der Waals surface area contributed by atoms with Crippen LogP contribution in [0.15, 0.2) is 0 Å². The number of hydrogen-bond donors (Lipinski definition) is 2. The topological polar surface area (TPSA) is 76.0 Å². The van der Waals surface area contributed by atoms with Crippen molar-refractivity contribution in [2.45, 2.75) is 44.9 Å². The molecule has 4 atom stereocenters. The minimum absolute atomic E-state index is 0.0717. The molecule has 5 heteroatoms. The predicted octanol–water partition coefficient (Wildman–Crippen LogP) is -0.594. The Kier molecular flexibility index (Phi) is 3.24. The first-order valence-corrected chi connectivity index (χ1v) is 4.19. The Bertz CT molecular complexity index is 181. The zero-order chi connectivity index (χ0) is 10.0. The highest BCUT2D eigenvalue weighted by molar-refractivity contribution is 5.66. The van der Waals surface area contributed by atoms with Crippen LogP contribution in [0, 0.1) is 0 Å². The Morgan fingerprint density at radius 1 is 1.54 bits per heavy atom. The molecule has 0 aromatic heterocycles. The molecule has 1 heterocycles. The van der Waals surface area contributed by atoms with E-state index in [0.717, 1.165) is 0 Å². The van der Waals surface area contributed by atoms with E-state index in [1.165, 1.54) is 6.92 Å². The summed E-state index contributed by atoms with van der Waals surface area (Å²) in [6, 6.07) is 0. The number of hydrogen-bond acceptors (Lipinski definition) is 5. The van der Waals surface area contributed by atoms with Crippen molar-refractivity contribution in [2.24, 2.45) is 0 Å². The zero-order valence-corrected chi connectivity index (χ0v) is 7.64. The van der Waals surface area contributed by atoms with E-state index in [4.69, 9.17) is 14.6 Å². The Morgan fingerprint density at radius 3 is 2.62 bits per heavy atom. The van der Waals surface area contributed by atoms with Crippen LogP contribution in [0.5, 0.6) is 0 Å². The molecule has 1 fully saturated rings. The third kappa shape index (κ3) is 2.65. The van der Waals surface area contributed by atoms with E-state index in [9.17, 15) is 9.90 Å². The van der Waals surface area contributed by atoms with Gasteiger partial charge in [0.2, 0.25) is 0 Å². The first kappa shape index (κ1) is 10.4. The van der Waals surface area contributed by atoms with Gasteiger partial charge < -0.3 is 19.7 Å². The van der Waals surface area contributed by atoms with Crippen molar-refractivity contribution in [3.63, 3.8) is 0 Å². The molecule has 0 unspecified atom stereocenters. The van der Waals surface area contributed by atoms with Gasteiger partial charge in [-0.25, -0.2) is 0 Å². The zero-order valence-electron chi connectivity index (χ0n) is 7.64. The predicted molar refractivity (Wildman–Crippen MR) is 42.7 cm³/mol. The van der Waals surface area contributed by atoms with Crippen LogP contribution < -0.4 is 0 Å². The lowest BCUT2D eigenvalue weighted by atomic mass is 10.0. The van der Waals surface area contributed by atoms with Crippen LogP contribution in [0.4, 0.5) is 0 Å². The second-order valence-electron chi connectivity index (χ2n) is 3.17. The number of rotatable bonds is 1. The molecule has 76 valence electrons. The molecule has 1 aliphatic heterocycles. The highest BCUT2D eigenvalue weighted by Gasteiger charge is 2.36. The third-order valence-electron chi connectivity index (χ3n) is 1.96. The number of carbonyl (C=O) groups excluding carboxylic acids is 1. The van der Waals surface area contributed by atoms with Gasteiger partial charge in [0.05, 0.1) is 12.2 Å². The normalized spacial score (nSPS) is 40.0. The molecule has 0 bridgehead atoms. The Morgan fingerprint density at radius 2 is 2.15 bits per heavy atom. The summed E-state index contributed by atoms with van der Waals surface area (Å²) in [6.07, 6.45) is -2.93. The maximum absolute atomic E-state index is 10.6. The number of ether oxygens (including phenoxy) is 2. The van der Waals surface area contributed by atoms with Crippen LogP contribution in [0.1, 0.15) is 20.3 Å². The molecule has 1 rings (SSSR count). The van der Waals surface area contributed by atoms with Gasteiger partial charge in [-0.1, -0.05) is 0 Å². The van der Waals surface area contributed by atoms with E-state index >= 15 is 0 Å². The van der Waals surface area contributed by atoms with E-state index in [2.05, 4.69) is 0 Å². The van der Waals surface area contributed by atoms with Gasteiger partial charge in [-0.05, 0) is 6.92 Å². The monoisotopic (exact) mass is 190 g/mol. The maximum Gasteiger partial charge on any atom is 0.303 e. The standard InChI is InChI=1S/C8H14O5/c1-4-8(13-5(2)9)6(10)3-7(11)12-4/h4,6-8,10-11H,3H2,1-2H3/t4-,6+,7+,8-/m0/s1. The molecule has 5 nitrogen and oxygen atoms in total.